The van der Waals surface area contributed by atoms with Crippen molar-refractivity contribution in [1.29, 1.82) is 0 Å². The third-order valence-corrected chi connectivity index (χ3v) is 4.51. The monoisotopic (exact) mass is 405 g/mol. The normalized spacial score (nSPS) is 11.6. The Hall–Kier alpha value is -2.24. The van der Waals surface area contributed by atoms with Crippen molar-refractivity contribution < 1.29 is 9.53 Å². The van der Waals surface area contributed by atoms with Crippen molar-refractivity contribution >= 4 is 46.0 Å². The van der Waals surface area contributed by atoms with Crippen LogP contribution < -0.4 is 5.32 Å². The molecule has 0 spiro atoms. The van der Waals surface area contributed by atoms with E-state index in [0.29, 0.717) is 22.3 Å². The Kier molecular flexibility index (Phi) is 5.36. The summed E-state index contributed by atoms with van der Waals surface area (Å²) in [5.74, 6) is 0.852. The second-order valence-electron chi connectivity index (χ2n) is 7.31. The number of aromatic nitrogens is 2. The number of benzene rings is 2. The van der Waals surface area contributed by atoms with Gasteiger partial charge in [0.1, 0.15) is 11.4 Å². The lowest BCUT2D eigenvalue weighted by Crippen LogP contribution is -2.27. The molecule has 1 N–H and O–H groups in total. The smallest absolute Gasteiger partial charge is 0.412 e. The summed E-state index contributed by atoms with van der Waals surface area (Å²) in [4.78, 5) is 16.6. The highest BCUT2D eigenvalue weighted by molar-refractivity contribution is 6.35. The van der Waals surface area contributed by atoms with E-state index in [0.717, 1.165) is 22.4 Å². The molecular weight excluding hydrogens is 385 g/mol. The van der Waals surface area contributed by atoms with Crippen LogP contribution in [0.5, 0.6) is 0 Å². The van der Waals surface area contributed by atoms with Gasteiger partial charge in [0.25, 0.3) is 0 Å². The van der Waals surface area contributed by atoms with E-state index in [9.17, 15) is 4.79 Å². The lowest BCUT2D eigenvalue weighted by atomic mass is 10.2. The molecule has 0 unspecified atom stereocenters. The van der Waals surface area contributed by atoms with E-state index < -0.39 is 11.7 Å². The fraction of sp³-hybridized carbons (Fsp3) is 0.300. The molecule has 0 bridgehead atoms. The maximum absolute atomic E-state index is 12.0. The van der Waals surface area contributed by atoms with Gasteiger partial charge in [0, 0.05) is 15.7 Å². The SMILES string of the molecule is Cc1nc2ccc(NC(=O)OC(C)(C)C)cc2n1Cc1ccc(Cl)cc1Cl. The molecule has 0 radical (unpaired) electrons. The van der Waals surface area contributed by atoms with Crippen LogP contribution >= 0.6 is 23.2 Å². The zero-order chi connectivity index (χ0) is 19.8. The van der Waals surface area contributed by atoms with Crippen LogP contribution in [0.3, 0.4) is 0 Å². The van der Waals surface area contributed by atoms with Crippen molar-refractivity contribution in [3.63, 3.8) is 0 Å². The van der Waals surface area contributed by atoms with E-state index in [1.165, 1.54) is 0 Å². The highest BCUT2D eigenvalue weighted by Gasteiger charge is 2.17. The Morgan fingerprint density at radius 2 is 1.93 bits per heavy atom. The largest absolute Gasteiger partial charge is 0.444 e. The molecular formula is C20H21Cl2N3O2. The molecule has 0 aliphatic rings. The van der Waals surface area contributed by atoms with Crippen LogP contribution in [0.25, 0.3) is 11.0 Å². The van der Waals surface area contributed by atoms with Gasteiger partial charge in [-0.2, -0.15) is 0 Å². The number of carbonyl (C=O) groups excluding carboxylic acids is 1. The van der Waals surface area contributed by atoms with Crippen molar-refractivity contribution in [2.24, 2.45) is 0 Å². The summed E-state index contributed by atoms with van der Waals surface area (Å²) in [5.41, 5.74) is 2.76. The van der Waals surface area contributed by atoms with E-state index in [1.54, 1.807) is 12.1 Å². The molecule has 7 heteroatoms. The molecule has 1 aromatic heterocycles. The lowest BCUT2D eigenvalue weighted by molar-refractivity contribution is 0.0636. The van der Waals surface area contributed by atoms with Crippen LogP contribution in [-0.2, 0) is 11.3 Å². The quantitative estimate of drug-likeness (QED) is 0.576. The minimum absolute atomic E-state index is 0.495. The summed E-state index contributed by atoms with van der Waals surface area (Å²) in [5, 5.41) is 3.96. The summed E-state index contributed by atoms with van der Waals surface area (Å²) in [6.07, 6.45) is -0.495. The number of hydrogen-bond acceptors (Lipinski definition) is 3. The summed E-state index contributed by atoms with van der Waals surface area (Å²) in [6.45, 7) is 7.96. The molecule has 1 amide bonds. The summed E-state index contributed by atoms with van der Waals surface area (Å²) < 4.78 is 7.36. The number of hydrogen-bond donors (Lipinski definition) is 1. The predicted molar refractivity (Wildman–Crippen MR) is 110 cm³/mol. The zero-order valence-corrected chi connectivity index (χ0v) is 17.1. The van der Waals surface area contributed by atoms with Gasteiger partial charge < -0.3 is 9.30 Å². The summed E-state index contributed by atoms with van der Waals surface area (Å²) in [6, 6.07) is 11.0. The molecule has 3 aromatic rings. The predicted octanol–water partition coefficient (Wildman–Crippen LogP) is 6.05. The molecule has 3 rings (SSSR count). The van der Waals surface area contributed by atoms with Gasteiger partial charge in [-0.15, -0.1) is 0 Å². The van der Waals surface area contributed by atoms with Crippen LogP contribution in [0.15, 0.2) is 36.4 Å². The fourth-order valence-corrected chi connectivity index (χ4v) is 3.23. The van der Waals surface area contributed by atoms with Gasteiger partial charge in [-0.25, -0.2) is 9.78 Å². The van der Waals surface area contributed by atoms with Gasteiger partial charge in [-0.3, -0.25) is 5.32 Å². The Balaban J connectivity index is 1.91. The summed E-state index contributed by atoms with van der Waals surface area (Å²) in [7, 11) is 0. The van der Waals surface area contributed by atoms with E-state index in [4.69, 9.17) is 27.9 Å². The van der Waals surface area contributed by atoms with Crippen LogP contribution in [0.4, 0.5) is 10.5 Å². The number of imidazole rings is 1. The van der Waals surface area contributed by atoms with Crippen LogP contribution in [0.2, 0.25) is 10.0 Å². The molecule has 5 nitrogen and oxygen atoms in total. The number of nitrogens with zero attached hydrogens (tertiary/aromatic N) is 2. The Morgan fingerprint density at radius 1 is 1.19 bits per heavy atom. The number of halogens is 2. The average Bonchev–Trinajstić information content (AvgIpc) is 2.83. The van der Waals surface area contributed by atoms with Crippen molar-refractivity contribution in [3.05, 3.63) is 57.8 Å². The van der Waals surface area contributed by atoms with Crippen molar-refractivity contribution in [1.82, 2.24) is 9.55 Å². The van der Waals surface area contributed by atoms with Gasteiger partial charge in [-0.05, 0) is 63.6 Å². The molecule has 0 saturated carbocycles. The minimum atomic E-state index is -0.558. The lowest BCUT2D eigenvalue weighted by Gasteiger charge is -2.19. The minimum Gasteiger partial charge on any atom is -0.444 e. The number of aryl methyl sites for hydroxylation is 1. The second kappa shape index (κ2) is 7.41. The average molecular weight is 406 g/mol. The van der Waals surface area contributed by atoms with Crippen LogP contribution in [-0.4, -0.2) is 21.2 Å². The van der Waals surface area contributed by atoms with Crippen molar-refractivity contribution in [2.45, 2.75) is 39.8 Å². The number of nitrogens with one attached hydrogen (secondary N) is 1. The van der Waals surface area contributed by atoms with Crippen LogP contribution in [0, 0.1) is 6.92 Å². The molecule has 2 aromatic carbocycles. The zero-order valence-electron chi connectivity index (χ0n) is 15.6. The topological polar surface area (TPSA) is 56.1 Å². The molecule has 27 heavy (non-hydrogen) atoms. The molecule has 0 aliphatic heterocycles. The summed E-state index contributed by atoms with van der Waals surface area (Å²) >= 11 is 12.3. The first kappa shape index (κ1) is 19.5. The number of fused-ring (bicyclic) bond motifs is 1. The van der Waals surface area contributed by atoms with E-state index in [1.807, 2.05) is 56.5 Å². The molecule has 0 saturated heterocycles. The van der Waals surface area contributed by atoms with Crippen LogP contribution in [0.1, 0.15) is 32.2 Å². The second-order valence-corrected chi connectivity index (χ2v) is 8.15. The van der Waals surface area contributed by atoms with Gasteiger partial charge >= 0.3 is 6.09 Å². The molecule has 0 fully saturated rings. The van der Waals surface area contributed by atoms with E-state index in [-0.39, 0.29) is 0 Å². The first-order valence-corrected chi connectivity index (χ1v) is 9.29. The van der Waals surface area contributed by atoms with Gasteiger partial charge in [0.15, 0.2) is 0 Å². The highest BCUT2D eigenvalue weighted by atomic mass is 35.5. The maximum atomic E-state index is 12.0. The van der Waals surface area contributed by atoms with E-state index >= 15 is 0 Å². The van der Waals surface area contributed by atoms with Crippen molar-refractivity contribution in [2.75, 3.05) is 5.32 Å². The first-order valence-electron chi connectivity index (χ1n) is 8.53. The molecule has 0 atom stereocenters. The Labute approximate surface area is 168 Å². The Morgan fingerprint density at radius 3 is 2.59 bits per heavy atom. The number of rotatable bonds is 3. The Bertz CT molecular complexity index is 1010. The third kappa shape index (κ3) is 4.73. The number of carbonyl (C=O) groups is 1. The van der Waals surface area contributed by atoms with E-state index in [2.05, 4.69) is 10.3 Å². The first-order chi connectivity index (χ1) is 12.6. The highest BCUT2D eigenvalue weighted by Crippen LogP contribution is 2.26. The molecule has 0 aliphatic carbocycles. The van der Waals surface area contributed by atoms with Gasteiger partial charge in [0.05, 0.1) is 17.6 Å². The number of ether oxygens (including phenoxy) is 1. The van der Waals surface area contributed by atoms with Gasteiger partial charge in [0.2, 0.25) is 0 Å². The number of amides is 1. The fourth-order valence-electron chi connectivity index (χ4n) is 2.76. The van der Waals surface area contributed by atoms with Crippen molar-refractivity contribution in [3.8, 4) is 0 Å². The molecule has 1 heterocycles. The van der Waals surface area contributed by atoms with Gasteiger partial charge in [-0.1, -0.05) is 29.3 Å². The standard InChI is InChI=1S/C20H21Cl2N3O2/c1-12-23-17-8-7-15(24-19(26)27-20(2,3)4)10-18(17)25(12)11-13-5-6-14(21)9-16(13)22/h5-10H,11H2,1-4H3,(H,24,26). The maximum Gasteiger partial charge on any atom is 0.412 e. The number of anilines is 1. The third-order valence-electron chi connectivity index (χ3n) is 3.93. The molecule has 142 valence electrons.